The summed E-state index contributed by atoms with van der Waals surface area (Å²) in [6, 6.07) is 11.8. The molecule has 0 aliphatic carbocycles. The number of amides is 4. The maximum atomic E-state index is 14.2. The van der Waals surface area contributed by atoms with E-state index < -0.39 is 47.9 Å². The third-order valence-electron chi connectivity index (χ3n) is 6.49. The largest absolute Gasteiger partial charge is 0.497 e. The van der Waals surface area contributed by atoms with Gasteiger partial charge in [0, 0.05) is 12.2 Å². The number of nitrogens with one attached hydrogen (secondary N) is 2. The first-order valence-corrected chi connectivity index (χ1v) is 14.4. The lowest BCUT2D eigenvalue weighted by atomic mass is 10.00. The lowest BCUT2D eigenvalue weighted by Crippen LogP contribution is -2.53. The molecule has 0 saturated heterocycles. The molecule has 0 aromatic heterocycles. The quantitative estimate of drug-likeness (QED) is 0.245. The van der Waals surface area contributed by atoms with Crippen molar-refractivity contribution in [2.45, 2.75) is 90.8 Å². The van der Waals surface area contributed by atoms with Crippen LogP contribution in [0.2, 0.25) is 0 Å². The van der Waals surface area contributed by atoms with E-state index >= 15 is 0 Å². The van der Waals surface area contributed by atoms with Crippen LogP contribution in [0.1, 0.15) is 83.4 Å². The Labute approximate surface area is 249 Å². The molecule has 0 aliphatic heterocycles. The van der Waals surface area contributed by atoms with Gasteiger partial charge in [0.1, 0.15) is 23.4 Å². The van der Waals surface area contributed by atoms with Gasteiger partial charge in [0.25, 0.3) is 5.91 Å². The number of benzene rings is 2. The average molecular weight is 583 g/mol. The number of aryl methyl sites for hydroxylation is 1. The SMILES string of the molecule is CCCCCCCN(C(=O)C(CC(N)=O)NC(=O)OC(C)(C)C)C(C(=O)Nc1ccc(OC)cc1)c1ccc(C)cc1. The van der Waals surface area contributed by atoms with Crippen LogP contribution in [0, 0.1) is 6.92 Å². The summed E-state index contributed by atoms with van der Waals surface area (Å²) < 4.78 is 10.6. The number of nitrogens with zero attached hydrogens (tertiary/aromatic N) is 1. The molecule has 4 amide bonds. The van der Waals surface area contributed by atoms with Gasteiger partial charge >= 0.3 is 6.09 Å². The second kappa shape index (κ2) is 16.4. The molecule has 0 spiro atoms. The molecule has 0 saturated carbocycles. The van der Waals surface area contributed by atoms with Crippen LogP contribution in [0.5, 0.6) is 5.75 Å². The monoisotopic (exact) mass is 582 g/mol. The summed E-state index contributed by atoms with van der Waals surface area (Å²) in [7, 11) is 1.55. The zero-order chi connectivity index (χ0) is 31.3. The van der Waals surface area contributed by atoms with Crippen LogP contribution in [-0.2, 0) is 19.1 Å². The zero-order valence-electron chi connectivity index (χ0n) is 25.7. The highest BCUT2D eigenvalue weighted by molar-refractivity contribution is 5.99. The molecule has 2 unspecified atom stereocenters. The van der Waals surface area contributed by atoms with Crippen molar-refractivity contribution in [1.29, 1.82) is 0 Å². The van der Waals surface area contributed by atoms with Gasteiger partial charge in [0.15, 0.2) is 0 Å². The Bertz CT molecular complexity index is 1170. The minimum absolute atomic E-state index is 0.225. The van der Waals surface area contributed by atoms with Gasteiger partial charge in [-0.3, -0.25) is 14.4 Å². The molecule has 42 heavy (non-hydrogen) atoms. The molecule has 0 aliphatic rings. The first-order chi connectivity index (χ1) is 19.8. The number of nitrogens with two attached hydrogens (primary N) is 1. The Morgan fingerprint density at radius 3 is 2.10 bits per heavy atom. The Morgan fingerprint density at radius 1 is 0.929 bits per heavy atom. The Hall–Kier alpha value is -4.08. The van der Waals surface area contributed by atoms with Crippen LogP contribution in [0.3, 0.4) is 0 Å². The lowest BCUT2D eigenvalue weighted by Gasteiger charge is -2.34. The van der Waals surface area contributed by atoms with Gasteiger partial charge in [-0.15, -0.1) is 0 Å². The van der Waals surface area contributed by atoms with Gasteiger partial charge in [-0.1, -0.05) is 62.4 Å². The van der Waals surface area contributed by atoms with E-state index in [1.54, 1.807) is 64.3 Å². The first-order valence-electron chi connectivity index (χ1n) is 14.4. The number of carbonyl (C=O) groups is 4. The fourth-order valence-electron chi connectivity index (χ4n) is 4.41. The minimum Gasteiger partial charge on any atom is -0.497 e. The number of primary amides is 1. The summed E-state index contributed by atoms with van der Waals surface area (Å²) in [6.45, 7) is 9.34. The van der Waals surface area contributed by atoms with Gasteiger partial charge < -0.3 is 30.7 Å². The summed E-state index contributed by atoms with van der Waals surface area (Å²) in [5.41, 5.74) is 6.76. The van der Waals surface area contributed by atoms with Crippen LogP contribution < -0.4 is 21.1 Å². The number of carbonyl (C=O) groups excluding carboxylic acids is 4. The predicted octanol–water partition coefficient (Wildman–Crippen LogP) is 5.25. The molecule has 230 valence electrons. The van der Waals surface area contributed by atoms with Crippen molar-refractivity contribution in [3.05, 3.63) is 59.7 Å². The van der Waals surface area contributed by atoms with Gasteiger partial charge in [-0.05, 0) is 63.9 Å². The van der Waals surface area contributed by atoms with E-state index in [-0.39, 0.29) is 6.54 Å². The molecule has 2 atom stereocenters. The highest BCUT2D eigenvalue weighted by Crippen LogP contribution is 2.27. The molecule has 0 radical (unpaired) electrons. The van der Waals surface area contributed by atoms with Gasteiger partial charge in [-0.2, -0.15) is 0 Å². The molecular weight excluding hydrogens is 536 g/mol. The summed E-state index contributed by atoms with van der Waals surface area (Å²) in [6.07, 6.45) is 3.24. The Balaban J connectivity index is 2.51. The second-order valence-corrected chi connectivity index (χ2v) is 11.3. The third-order valence-corrected chi connectivity index (χ3v) is 6.49. The van der Waals surface area contributed by atoms with Crippen LogP contribution in [-0.4, -0.2) is 54.0 Å². The van der Waals surface area contributed by atoms with Crippen LogP contribution in [0.15, 0.2) is 48.5 Å². The van der Waals surface area contributed by atoms with Gasteiger partial charge in [0.2, 0.25) is 11.8 Å². The van der Waals surface area contributed by atoms with Crippen molar-refractivity contribution in [3.8, 4) is 5.75 Å². The standard InChI is InChI=1S/C32H46N4O6/c1-7-8-9-10-11-20-36(30(39)26(21-27(33)37)35-31(40)42-32(3,4)5)28(23-14-12-22(2)13-15-23)29(38)34-24-16-18-25(41-6)19-17-24/h12-19,26,28H,7-11,20-21H2,1-6H3,(H2,33,37)(H,34,38)(H,35,40). The van der Waals surface area contributed by atoms with E-state index in [9.17, 15) is 19.2 Å². The van der Waals surface area contributed by atoms with Crippen molar-refractivity contribution < 1.29 is 28.7 Å². The Kier molecular flexibility index (Phi) is 13.3. The van der Waals surface area contributed by atoms with Gasteiger partial charge in [0.05, 0.1) is 13.5 Å². The van der Waals surface area contributed by atoms with E-state index in [1.807, 2.05) is 19.1 Å². The van der Waals surface area contributed by atoms with E-state index in [2.05, 4.69) is 17.6 Å². The minimum atomic E-state index is -1.32. The van der Waals surface area contributed by atoms with Crippen LogP contribution in [0.25, 0.3) is 0 Å². The number of alkyl carbamates (subject to hydrolysis) is 1. The summed E-state index contributed by atoms with van der Waals surface area (Å²) in [5, 5.41) is 5.43. The average Bonchev–Trinajstić information content (AvgIpc) is 2.91. The topological polar surface area (TPSA) is 140 Å². The van der Waals surface area contributed by atoms with Crippen molar-refractivity contribution in [1.82, 2.24) is 10.2 Å². The van der Waals surface area contributed by atoms with Crippen LogP contribution in [0.4, 0.5) is 10.5 Å². The van der Waals surface area contributed by atoms with Crippen molar-refractivity contribution >= 4 is 29.5 Å². The first kappa shape index (κ1) is 34.1. The maximum absolute atomic E-state index is 14.2. The zero-order valence-corrected chi connectivity index (χ0v) is 25.7. The fraction of sp³-hybridized carbons (Fsp3) is 0.500. The molecule has 0 bridgehead atoms. The highest BCUT2D eigenvalue weighted by atomic mass is 16.6. The normalized spacial score (nSPS) is 12.5. The lowest BCUT2D eigenvalue weighted by molar-refractivity contribution is -0.142. The molecule has 0 fully saturated rings. The van der Waals surface area contributed by atoms with Crippen LogP contribution >= 0.6 is 0 Å². The summed E-state index contributed by atoms with van der Waals surface area (Å²) in [4.78, 5) is 54.2. The fourth-order valence-corrected chi connectivity index (χ4v) is 4.41. The molecule has 0 heterocycles. The molecule has 2 aromatic carbocycles. The summed E-state index contributed by atoms with van der Waals surface area (Å²) in [5.74, 6) is -1.19. The number of methoxy groups -OCH3 is 1. The van der Waals surface area contributed by atoms with E-state index in [4.69, 9.17) is 15.2 Å². The van der Waals surface area contributed by atoms with Crippen molar-refractivity contribution in [2.75, 3.05) is 19.0 Å². The second-order valence-electron chi connectivity index (χ2n) is 11.3. The van der Waals surface area contributed by atoms with E-state index in [1.165, 1.54) is 4.90 Å². The molecule has 2 aromatic rings. The number of anilines is 1. The maximum Gasteiger partial charge on any atom is 0.408 e. The predicted molar refractivity (Wildman–Crippen MR) is 163 cm³/mol. The number of rotatable bonds is 15. The molecule has 10 heteroatoms. The van der Waals surface area contributed by atoms with Crippen molar-refractivity contribution in [2.24, 2.45) is 5.73 Å². The number of ether oxygens (including phenoxy) is 2. The Morgan fingerprint density at radius 2 is 1.55 bits per heavy atom. The smallest absolute Gasteiger partial charge is 0.408 e. The number of unbranched alkanes of at least 4 members (excludes halogenated alkanes) is 4. The van der Waals surface area contributed by atoms with E-state index in [0.717, 1.165) is 31.2 Å². The summed E-state index contributed by atoms with van der Waals surface area (Å²) >= 11 is 0. The molecule has 4 N–H and O–H groups in total. The number of hydrogen-bond acceptors (Lipinski definition) is 6. The molecule has 2 rings (SSSR count). The highest BCUT2D eigenvalue weighted by Gasteiger charge is 2.37. The number of hydrogen-bond donors (Lipinski definition) is 3. The molecular formula is C32H46N4O6. The molecule has 10 nitrogen and oxygen atoms in total. The third kappa shape index (κ3) is 11.4. The van der Waals surface area contributed by atoms with Crippen molar-refractivity contribution in [3.63, 3.8) is 0 Å². The van der Waals surface area contributed by atoms with E-state index in [0.29, 0.717) is 23.4 Å². The van der Waals surface area contributed by atoms with Gasteiger partial charge in [-0.25, -0.2) is 4.79 Å².